The molecule has 7 heteroatoms. The highest BCUT2D eigenvalue weighted by molar-refractivity contribution is 6.69. The fourth-order valence-electron chi connectivity index (χ4n) is 3.99. The van der Waals surface area contributed by atoms with Crippen LogP contribution in [0.5, 0.6) is 5.75 Å². The van der Waals surface area contributed by atoms with Gasteiger partial charge in [-0.2, -0.15) is 0 Å². The summed E-state index contributed by atoms with van der Waals surface area (Å²) in [7, 11) is 0.618. The van der Waals surface area contributed by atoms with Crippen molar-refractivity contribution >= 4 is 14.2 Å². The van der Waals surface area contributed by atoms with Crippen molar-refractivity contribution in [3.63, 3.8) is 0 Å². The van der Waals surface area contributed by atoms with Crippen molar-refractivity contribution < 1.29 is 23.4 Å². The summed E-state index contributed by atoms with van der Waals surface area (Å²) in [6.07, 6.45) is 1.92. The second-order valence-corrected chi connectivity index (χ2v) is 10.3. The Kier molecular flexibility index (Phi) is 6.00. The number of allylic oxidation sites excluding steroid dienone is 1. The van der Waals surface area contributed by atoms with Crippen molar-refractivity contribution in [1.29, 1.82) is 0 Å². The molecule has 2 heterocycles. The van der Waals surface area contributed by atoms with Gasteiger partial charge >= 0.3 is 14.2 Å². The minimum Gasteiger partial charge on any atom is -0.496 e. The van der Waals surface area contributed by atoms with E-state index in [-0.39, 0.29) is 11.6 Å². The fraction of sp³-hybridized carbons (Fsp3) is 0.652. The summed E-state index contributed by atoms with van der Waals surface area (Å²) < 4.78 is 31.6. The van der Waals surface area contributed by atoms with E-state index in [0.717, 1.165) is 11.3 Å². The quantitative estimate of drug-likeness (QED) is 0.481. The summed E-state index contributed by atoms with van der Waals surface area (Å²) in [6, 6.07) is 7.97. The fourth-order valence-corrected chi connectivity index (χ4v) is 3.99. The van der Waals surface area contributed by atoms with Crippen molar-refractivity contribution in [2.45, 2.75) is 89.4 Å². The van der Waals surface area contributed by atoms with Crippen LogP contribution in [0.3, 0.4) is 0 Å². The first-order valence-corrected chi connectivity index (χ1v) is 10.7. The van der Waals surface area contributed by atoms with E-state index >= 15 is 0 Å². The minimum atomic E-state index is -0.530. The molecule has 1 atom stereocenters. The Labute approximate surface area is 182 Å². The molecule has 164 valence electrons. The zero-order chi connectivity index (χ0) is 22.5. The Morgan fingerprint density at radius 3 is 1.57 bits per heavy atom. The molecule has 0 saturated carbocycles. The first-order valence-electron chi connectivity index (χ1n) is 10.7. The molecular weight excluding hydrogens is 378 g/mol. The molecule has 3 rings (SSSR count). The monoisotopic (exact) mass is 414 g/mol. The highest BCUT2D eigenvalue weighted by atomic mass is 16.7. The lowest BCUT2D eigenvalue weighted by Gasteiger charge is -2.32. The van der Waals surface area contributed by atoms with E-state index in [1.165, 1.54) is 0 Å². The van der Waals surface area contributed by atoms with E-state index in [1.807, 2.05) is 24.3 Å². The molecule has 2 aliphatic rings. The molecule has 0 bridgehead atoms. The van der Waals surface area contributed by atoms with E-state index in [4.69, 9.17) is 23.4 Å². The zero-order valence-electron chi connectivity index (χ0n) is 19.9. The van der Waals surface area contributed by atoms with Crippen LogP contribution in [0, 0.1) is 0 Å². The largest absolute Gasteiger partial charge is 0.496 e. The molecule has 0 amide bonds. The summed E-state index contributed by atoms with van der Waals surface area (Å²) in [4.78, 5) is 0. The van der Waals surface area contributed by atoms with Gasteiger partial charge in [-0.25, -0.2) is 0 Å². The van der Waals surface area contributed by atoms with Crippen LogP contribution in [-0.2, 0) is 18.6 Å². The minimum absolute atomic E-state index is 0.162. The van der Waals surface area contributed by atoms with Gasteiger partial charge in [0, 0.05) is 17.2 Å². The molecule has 5 nitrogen and oxygen atoms in total. The maximum atomic E-state index is 6.48. The standard InChI is InChI=1S/C23H36B2O5/c1-11-16(17-14-12-13-15-18(17)26-10)19(24-27-20(2,3)21(4,5)28-24)25-29-22(6,7)23(8,9)30-25/h11-16,19H,1H2,2-10H3/t16-/m1/s1. The number of methoxy groups -OCH3 is 1. The number of benzene rings is 1. The van der Waals surface area contributed by atoms with Crippen molar-refractivity contribution in [2.24, 2.45) is 0 Å². The third kappa shape index (κ3) is 3.86. The van der Waals surface area contributed by atoms with Crippen molar-refractivity contribution in [3.8, 4) is 5.75 Å². The van der Waals surface area contributed by atoms with Gasteiger partial charge in [-0.3, -0.25) is 0 Å². The maximum Gasteiger partial charge on any atom is 0.459 e. The topological polar surface area (TPSA) is 46.2 Å². The molecule has 0 spiro atoms. The van der Waals surface area contributed by atoms with Gasteiger partial charge in [0.05, 0.1) is 29.5 Å². The molecule has 30 heavy (non-hydrogen) atoms. The number of rotatable bonds is 6. The third-order valence-electron chi connectivity index (χ3n) is 7.34. The van der Waals surface area contributed by atoms with Gasteiger partial charge in [0.1, 0.15) is 5.75 Å². The average Bonchev–Trinajstić information content (AvgIpc) is 2.98. The second kappa shape index (κ2) is 7.70. The zero-order valence-corrected chi connectivity index (χ0v) is 19.9. The van der Waals surface area contributed by atoms with E-state index in [1.54, 1.807) is 7.11 Å². The van der Waals surface area contributed by atoms with Crippen LogP contribution >= 0.6 is 0 Å². The molecule has 2 fully saturated rings. The Morgan fingerprint density at radius 1 is 0.800 bits per heavy atom. The normalized spacial score (nSPS) is 24.9. The molecule has 0 N–H and O–H groups in total. The first-order chi connectivity index (χ1) is 13.8. The third-order valence-corrected chi connectivity index (χ3v) is 7.34. The summed E-state index contributed by atoms with van der Waals surface area (Å²) in [5.41, 5.74) is -1.14. The number of hydrogen-bond donors (Lipinski definition) is 0. The number of para-hydroxylation sites is 1. The van der Waals surface area contributed by atoms with Crippen LogP contribution in [0.4, 0.5) is 0 Å². The predicted molar refractivity (Wildman–Crippen MR) is 122 cm³/mol. The van der Waals surface area contributed by atoms with E-state index in [2.05, 4.69) is 68.0 Å². The van der Waals surface area contributed by atoms with Crippen LogP contribution in [0.1, 0.15) is 66.9 Å². The molecule has 0 radical (unpaired) electrons. The van der Waals surface area contributed by atoms with Crippen molar-refractivity contribution in [2.75, 3.05) is 7.11 Å². The number of hydrogen-bond acceptors (Lipinski definition) is 5. The van der Waals surface area contributed by atoms with Crippen LogP contribution in [0.2, 0.25) is 5.72 Å². The van der Waals surface area contributed by atoms with Gasteiger partial charge in [-0.15, -0.1) is 6.58 Å². The SMILES string of the molecule is C=C[C@H](c1ccccc1OC)C(B1OC(C)(C)C(C)(C)O1)B1OC(C)(C)C(C)(C)O1. The summed E-state index contributed by atoms with van der Waals surface area (Å²) in [5, 5.41) is 0. The lowest BCUT2D eigenvalue weighted by atomic mass is 9.46. The molecule has 0 aromatic heterocycles. The van der Waals surface area contributed by atoms with Gasteiger partial charge in [-0.05, 0) is 61.5 Å². The summed E-state index contributed by atoms with van der Waals surface area (Å²) in [5.74, 6) is 0.631. The van der Waals surface area contributed by atoms with Gasteiger partial charge in [0.2, 0.25) is 0 Å². The van der Waals surface area contributed by atoms with E-state index in [9.17, 15) is 0 Å². The van der Waals surface area contributed by atoms with Gasteiger partial charge in [-0.1, -0.05) is 24.3 Å². The van der Waals surface area contributed by atoms with Gasteiger partial charge in [0.15, 0.2) is 0 Å². The number of ether oxygens (including phenoxy) is 1. The Balaban J connectivity index is 2.07. The van der Waals surface area contributed by atoms with E-state index in [0.29, 0.717) is 0 Å². The van der Waals surface area contributed by atoms with Crippen molar-refractivity contribution in [1.82, 2.24) is 0 Å². The predicted octanol–water partition coefficient (Wildman–Crippen LogP) is 5.06. The van der Waals surface area contributed by atoms with Crippen LogP contribution in [0.25, 0.3) is 0 Å². The molecular formula is C23H36B2O5. The second-order valence-electron chi connectivity index (χ2n) is 10.3. The smallest absolute Gasteiger partial charge is 0.459 e. The van der Waals surface area contributed by atoms with Crippen LogP contribution in [-0.4, -0.2) is 43.8 Å². The van der Waals surface area contributed by atoms with Gasteiger partial charge in [0.25, 0.3) is 0 Å². The average molecular weight is 414 g/mol. The Bertz CT molecular complexity index is 722. The molecule has 2 saturated heterocycles. The van der Waals surface area contributed by atoms with Gasteiger partial charge < -0.3 is 23.4 Å². The molecule has 0 aliphatic carbocycles. The molecule has 2 aliphatic heterocycles. The van der Waals surface area contributed by atoms with Crippen LogP contribution in [0.15, 0.2) is 36.9 Å². The molecule has 1 aromatic rings. The highest BCUT2D eigenvalue weighted by Crippen LogP contribution is 2.50. The molecule has 0 unspecified atom stereocenters. The molecule has 1 aromatic carbocycles. The maximum absolute atomic E-state index is 6.48. The lowest BCUT2D eigenvalue weighted by molar-refractivity contribution is 0.00578. The van der Waals surface area contributed by atoms with E-state index < -0.39 is 36.6 Å². The summed E-state index contributed by atoms with van der Waals surface area (Å²) in [6.45, 7) is 20.6. The van der Waals surface area contributed by atoms with Crippen LogP contribution < -0.4 is 4.74 Å². The summed E-state index contributed by atoms with van der Waals surface area (Å²) >= 11 is 0. The highest BCUT2D eigenvalue weighted by Gasteiger charge is 2.63. The Hall–Kier alpha value is -1.27. The lowest BCUT2D eigenvalue weighted by Crippen LogP contribution is -2.41. The first kappa shape index (κ1) is 23.4. The Morgan fingerprint density at radius 2 is 1.20 bits per heavy atom. The van der Waals surface area contributed by atoms with Crippen molar-refractivity contribution in [3.05, 3.63) is 42.5 Å².